The van der Waals surface area contributed by atoms with Crippen molar-refractivity contribution in [3.05, 3.63) is 35.1 Å². The highest BCUT2D eigenvalue weighted by molar-refractivity contribution is 5.94. The molecule has 0 saturated heterocycles. The van der Waals surface area contributed by atoms with Crippen molar-refractivity contribution in [1.82, 2.24) is 5.32 Å². The van der Waals surface area contributed by atoms with Crippen molar-refractivity contribution < 1.29 is 27.1 Å². The minimum absolute atomic E-state index is 0.0826. The van der Waals surface area contributed by atoms with Crippen molar-refractivity contribution in [2.24, 2.45) is 0 Å². The van der Waals surface area contributed by atoms with Crippen molar-refractivity contribution in [1.29, 1.82) is 0 Å². The molecule has 0 heterocycles. The van der Waals surface area contributed by atoms with E-state index in [-0.39, 0.29) is 17.7 Å². The molecule has 1 aliphatic rings. The van der Waals surface area contributed by atoms with E-state index < -0.39 is 23.5 Å². The summed E-state index contributed by atoms with van der Waals surface area (Å²) in [6.45, 7) is 2.45. The smallest absolute Gasteiger partial charge is 0.378 e. The van der Waals surface area contributed by atoms with Crippen LogP contribution in [0.4, 0.5) is 17.6 Å². The molecule has 7 heteroatoms. The molecule has 116 valence electrons. The normalized spacial score (nSPS) is 21.8. The third kappa shape index (κ3) is 3.72. The summed E-state index contributed by atoms with van der Waals surface area (Å²) in [4.78, 5) is 11.9. The van der Waals surface area contributed by atoms with Crippen LogP contribution < -0.4 is 5.32 Å². The molecule has 1 aliphatic carbocycles. The molecule has 1 saturated carbocycles. The van der Waals surface area contributed by atoms with Gasteiger partial charge < -0.3 is 10.1 Å². The van der Waals surface area contributed by atoms with Crippen LogP contribution in [0.5, 0.6) is 0 Å². The van der Waals surface area contributed by atoms with Gasteiger partial charge in [0.1, 0.15) is 5.82 Å². The first kappa shape index (κ1) is 15.8. The summed E-state index contributed by atoms with van der Waals surface area (Å²) in [5.41, 5.74) is -1.64. The number of amides is 1. The van der Waals surface area contributed by atoms with Gasteiger partial charge in [0, 0.05) is 18.2 Å². The molecule has 0 aromatic heterocycles. The van der Waals surface area contributed by atoms with Crippen LogP contribution in [0.15, 0.2) is 18.2 Å². The number of nitrogens with one attached hydrogen (secondary N) is 1. The highest BCUT2D eigenvalue weighted by Crippen LogP contribution is 2.32. The van der Waals surface area contributed by atoms with E-state index in [9.17, 15) is 22.4 Å². The van der Waals surface area contributed by atoms with Gasteiger partial charge in [0.2, 0.25) is 0 Å². The van der Waals surface area contributed by atoms with Crippen LogP contribution in [0.2, 0.25) is 0 Å². The molecule has 3 nitrogen and oxygen atoms in total. The average Bonchev–Trinajstić information content (AvgIpc) is 2.35. The monoisotopic (exact) mass is 305 g/mol. The number of carbonyl (C=O) groups excluding carboxylic acids is 1. The van der Waals surface area contributed by atoms with Crippen molar-refractivity contribution in [3.63, 3.8) is 0 Å². The van der Waals surface area contributed by atoms with E-state index >= 15 is 0 Å². The van der Waals surface area contributed by atoms with Gasteiger partial charge in [-0.2, -0.15) is 13.2 Å². The zero-order valence-corrected chi connectivity index (χ0v) is 11.3. The van der Waals surface area contributed by atoms with E-state index in [2.05, 4.69) is 5.32 Å². The Morgan fingerprint density at radius 1 is 1.38 bits per heavy atom. The SMILES string of the molecule is CCOC1CC(NC(=O)c2ccc(F)c(C(F)(F)F)c2)C1. The average molecular weight is 305 g/mol. The number of hydrogen-bond acceptors (Lipinski definition) is 2. The molecule has 1 fully saturated rings. The summed E-state index contributed by atoms with van der Waals surface area (Å²) in [7, 11) is 0. The molecule has 2 rings (SSSR count). The lowest BCUT2D eigenvalue weighted by Crippen LogP contribution is -2.47. The molecule has 1 aromatic rings. The lowest BCUT2D eigenvalue weighted by Gasteiger charge is -2.35. The third-order valence-electron chi connectivity index (χ3n) is 3.37. The maximum atomic E-state index is 13.1. The number of carbonyl (C=O) groups is 1. The van der Waals surface area contributed by atoms with E-state index in [1.807, 2.05) is 6.92 Å². The number of halogens is 4. The summed E-state index contributed by atoms with van der Waals surface area (Å²) in [6, 6.07) is 2.11. The highest BCUT2D eigenvalue weighted by Gasteiger charge is 2.35. The Hall–Kier alpha value is -1.63. The Balaban J connectivity index is 2.01. The highest BCUT2D eigenvalue weighted by atomic mass is 19.4. The minimum Gasteiger partial charge on any atom is -0.378 e. The first-order valence-corrected chi connectivity index (χ1v) is 6.60. The fourth-order valence-electron chi connectivity index (χ4n) is 2.21. The van der Waals surface area contributed by atoms with E-state index in [1.165, 1.54) is 0 Å². The standard InChI is InChI=1S/C14H15F4NO2/c1-2-21-10-6-9(7-10)19-13(20)8-3-4-12(15)11(5-8)14(16,17)18/h3-5,9-10H,2,6-7H2,1H3,(H,19,20). The summed E-state index contributed by atoms with van der Waals surface area (Å²) in [6.07, 6.45) is -3.48. The van der Waals surface area contributed by atoms with Gasteiger partial charge in [0.25, 0.3) is 5.91 Å². The maximum absolute atomic E-state index is 13.1. The predicted molar refractivity (Wildman–Crippen MR) is 67.3 cm³/mol. The van der Waals surface area contributed by atoms with Gasteiger partial charge >= 0.3 is 6.18 Å². The molecule has 1 amide bonds. The first-order valence-electron chi connectivity index (χ1n) is 6.60. The van der Waals surface area contributed by atoms with Crippen molar-refractivity contribution in [3.8, 4) is 0 Å². The van der Waals surface area contributed by atoms with Gasteiger partial charge in [-0.15, -0.1) is 0 Å². The minimum atomic E-state index is -4.82. The molecular formula is C14H15F4NO2. The Morgan fingerprint density at radius 3 is 2.62 bits per heavy atom. The molecular weight excluding hydrogens is 290 g/mol. The number of ether oxygens (including phenoxy) is 1. The number of alkyl halides is 3. The number of rotatable bonds is 4. The topological polar surface area (TPSA) is 38.3 Å². The molecule has 21 heavy (non-hydrogen) atoms. The van der Waals surface area contributed by atoms with Crippen LogP contribution >= 0.6 is 0 Å². The molecule has 0 aliphatic heterocycles. The van der Waals surface area contributed by atoms with Crippen molar-refractivity contribution in [2.75, 3.05) is 6.61 Å². The second-order valence-electron chi connectivity index (χ2n) is 4.91. The largest absolute Gasteiger partial charge is 0.419 e. The van der Waals surface area contributed by atoms with Gasteiger partial charge in [-0.3, -0.25) is 4.79 Å². The van der Waals surface area contributed by atoms with Crippen LogP contribution in [-0.4, -0.2) is 24.7 Å². The second kappa shape index (κ2) is 6.01. The van der Waals surface area contributed by atoms with E-state index in [0.717, 1.165) is 6.07 Å². The second-order valence-corrected chi connectivity index (χ2v) is 4.91. The van der Waals surface area contributed by atoms with Crippen LogP contribution in [0, 0.1) is 5.82 Å². The Morgan fingerprint density at radius 2 is 2.05 bits per heavy atom. The van der Waals surface area contributed by atoms with E-state index in [4.69, 9.17) is 4.74 Å². The fourth-order valence-corrected chi connectivity index (χ4v) is 2.21. The quantitative estimate of drug-likeness (QED) is 0.868. The van der Waals surface area contributed by atoms with Crippen LogP contribution in [0.1, 0.15) is 35.7 Å². The molecule has 1 N–H and O–H groups in total. The lowest BCUT2D eigenvalue weighted by atomic mass is 9.89. The van der Waals surface area contributed by atoms with Gasteiger partial charge in [-0.1, -0.05) is 0 Å². The van der Waals surface area contributed by atoms with Crippen LogP contribution in [0.25, 0.3) is 0 Å². The lowest BCUT2D eigenvalue weighted by molar-refractivity contribution is -0.140. The molecule has 0 bridgehead atoms. The summed E-state index contributed by atoms with van der Waals surface area (Å²) in [5.74, 6) is -2.03. The predicted octanol–water partition coefficient (Wildman–Crippen LogP) is 3.14. The zero-order chi connectivity index (χ0) is 15.6. The number of benzene rings is 1. The fraction of sp³-hybridized carbons (Fsp3) is 0.500. The summed E-state index contributed by atoms with van der Waals surface area (Å²) in [5, 5.41) is 2.61. The summed E-state index contributed by atoms with van der Waals surface area (Å²) < 4.78 is 56.2. The first-order chi connectivity index (χ1) is 9.81. The molecule has 0 atom stereocenters. The number of hydrogen-bond donors (Lipinski definition) is 1. The molecule has 0 radical (unpaired) electrons. The van der Waals surface area contributed by atoms with E-state index in [1.54, 1.807) is 0 Å². The van der Waals surface area contributed by atoms with Crippen LogP contribution in [-0.2, 0) is 10.9 Å². The van der Waals surface area contributed by atoms with Gasteiger partial charge in [-0.05, 0) is 38.0 Å². The van der Waals surface area contributed by atoms with Crippen molar-refractivity contribution in [2.45, 2.75) is 38.1 Å². The van der Waals surface area contributed by atoms with Crippen molar-refractivity contribution >= 4 is 5.91 Å². The van der Waals surface area contributed by atoms with Crippen LogP contribution in [0.3, 0.4) is 0 Å². The maximum Gasteiger partial charge on any atom is 0.419 e. The van der Waals surface area contributed by atoms with Gasteiger partial charge in [-0.25, -0.2) is 4.39 Å². The van der Waals surface area contributed by atoms with Gasteiger partial charge in [0.15, 0.2) is 0 Å². The molecule has 1 aromatic carbocycles. The zero-order valence-electron chi connectivity index (χ0n) is 11.3. The van der Waals surface area contributed by atoms with Gasteiger partial charge in [0.05, 0.1) is 11.7 Å². The Bertz CT molecular complexity index is 524. The Kier molecular flexibility index (Phi) is 4.51. The molecule has 0 spiro atoms. The Labute approximate surface area is 119 Å². The van der Waals surface area contributed by atoms with E-state index in [0.29, 0.717) is 31.6 Å². The third-order valence-corrected chi connectivity index (χ3v) is 3.37. The summed E-state index contributed by atoms with van der Waals surface area (Å²) >= 11 is 0. The molecule has 0 unspecified atom stereocenters.